The third kappa shape index (κ3) is 3.89. The lowest BCUT2D eigenvalue weighted by Gasteiger charge is -2.37. The Hall–Kier alpha value is -4.70. The van der Waals surface area contributed by atoms with E-state index in [-0.39, 0.29) is 5.41 Å². The molecule has 43 heavy (non-hydrogen) atoms. The molecule has 7 rings (SSSR count). The van der Waals surface area contributed by atoms with Crippen molar-refractivity contribution in [3.05, 3.63) is 124 Å². The highest BCUT2D eigenvalue weighted by molar-refractivity contribution is 6.08. The van der Waals surface area contributed by atoms with Gasteiger partial charge in [0, 0.05) is 16.2 Å². The Kier molecular flexibility index (Phi) is 6.28. The van der Waals surface area contributed by atoms with E-state index in [4.69, 9.17) is 18.9 Å². The van der Waals surface area contributed by atoms with Crippen LogP contribution in [0.5, 0.6) is 23.0 Å². The molecule has 0 unspecified atom stereocenters. The van der Waals surface area contributed by atoms with E-state index < -0.39 is 5.41 Å². The molecular weight excluding hydrogens is 532 g/mol. The second-order valence-corrected chi connectivity index (χ2v) is 12.0. The minimum absolute atomic E-state index is 0.190. The summed E-state index contributed by atoms with van der Waals surface area (Å²) >= 11 is 0. The van der Waals surface area contributed by atoms with Crippen molar-refractivity contribution in [1.82, 2.24) is 0 Å². The average Bonchev–Trinajstić information content (AvgIpc) is 3.29. The van der Waals surface area contributed by atoms with E-state index >= 15 is 0 Å². The molecule has 0 N–H and O–H groups in total. The maximum absolute atomic E-state index is 6.14. The largest absolute Gasteiger partial charge is 0.497 e. The van der Waals surface area contributed by atoms with Crippen LogP contribution in [-0.2, 0) is 17.3 Å². The zero-order valence-electron chi connectivity index (χ0n) is 25.6. The van der Waals surface area contributed by atoms with Crippen molar-refractivity contribution >= 4 is 16.8 Å². The van der Waals surface area contributed by atoms with Gasteiger partial charge in [-0.15, -0.1) is 0 Å². The highest BCUT2D eigenvalue weighted by Gasteiger charge is 2.41. The summed E-state index contributed by atoms with van der Waals surface area (Å²) in [7, 11) is 6.91. The monoisotopic (exact) mass is 568 g/mol. The van der Waals surface area contributed by atoms with Gasteiger partial charge in [-0.2, -0.15) is 0 Å². The second-order valence-electron chi connectivity index (χ2n) is 12.0. The first kappa shape index (κ1) is 27.2. The molecule has 5 aromatic rings. The summed E-state index contributed by atoms with van der Waals surface area (Å²) < 4.78 is 23.2. The van der Waals surface area contributed by atoms with Crippen LogP contribution in [0.25, 0.3) is 28.0 Å². The van der Waals surface area contributed by atoms with Gasteiger partial charge in [-0.3, -0.25) is 0 Å². The molecule has 216 valence electrons. The number of hydrogen-bond acceptors (Lipinski definition) is 4. The zero-order valence-corrected chi connectivity index (χ0v) is 25.6. The highest BCUT2D eigenvalue weighted by Crippen LogP contribution is 2.57. The predicted octanol–water partition coefficient (Wildman–Crippen LogP) is 8.74. The highest BCUT2D eigenvalue weighted by atomic mass is 16.5. The summed E-state index contributed by atoms with van der Waals surface area (Å²) in [5, 5.41) is 2.23. The molecule has 0 bridgehead atoms. The molecule has 0 radical (unpaired) electrons. The van der Waals surface area contributed by atoms with Crippen LogP contribution in [0.15, 0.2) is 91.0 Å². The van der Waals surface area contributed by atoms with E-state index in [1.54, 1.807) is 28.4 Å². The molecule has 2 aliphatic rings. The van der Waals surface area contributed by atoms with Gasteiger partial charge in [0.25, 0.3) is 0 Å². The smallest absolute Gasteiger partial charge is 0.131 e. The third-order valence-corrected chi connectivity index (χ3v) is 9.63. The van der Waals surface area contributed by atoms with Crippen LogP contribution in [0.2, 0.25) is 0 Å². The molecule has 5 aromatic carbocycles. The van der Waals surface area contributed by atoms with Crippen LogP contribution < -0.4 is 18.9 Å². The number of hydrogen-bond donors (Lipinski definition) is 0. The summed E-state index contributed by atoms with van der Waals surface area (Å²) in [6.45, 7) is 4.67. The van der Waals surface area contributed by atoms with E-state index in [2.05, 4.69) is 86.7 Å². The van der Waals surface area contributed by atoms with Crippen LogP contribution in [0, 0.1) is 0 Å². The van der Waals surface area contributed by atoms with E-state index in [0.717, 1.165) is 34.8 Å². The molecule has 0 saturated heterocycles. The van der Waals surface area contributed by atoms with Crippen LogP contribution in [-0.4, -0.2) is 28.4 Å². The Balaban J connectivity index is 1.53. The summed E-state index contributed by atoms with van der Waals surface area (Å²) in [6.07, 6.45) is 5.48. The fourth-order valence-electron chi connectivity index (χ4n) is 7.48. The van der Waals surface area contributed by atoms with Crippen molar-refractivity contribution in [3.63, 3.8) is 0 Å². The van der Waals surface area contributed by atoms with E-state index in [9.17, 15) is 0 Å². The lowest BCUT2D eigenvalue weighted by Crippen LogP contribution is -2.30. The van der Waals surface area contributed by atoms with Gasteiger partial charge in [0.05, 0.1) is 33.8 Å². The molecule has 0 saturated carbocycles. The molecule has 0 atom stereocenters. The van der Waals surface area contributed by atoms with Crippen molar-refractivity contribution in [2.24, 2.45) is 0 Å². The minimum Gasteiger partial charge on any atom is -0.497 e. The molecule has 4 nitrogen and oxygen atoms in total. The molecular formula is C39H36O4. The zero-order chi connectivity index (χ0) is 29.9. The Bertz CT molecular complexity index is 1850. The van der Waals surface area contributed by atoms with Gasteiger partial charge in [0.2, 0.25) is 0 Å². The van der Waals surface area contributed by atoms with Crippen LogP contribution >= 0.6 is 0 Å². The number of benzene rings is 5. The second kappa shape index (κ2) is 9.95. The molecule has 0 fully saturated rings. The number of fused-ring (bicyclic) bond motifs is 7. The van der Waals surface area contributed by atoms with Crippen LogP contribution in [0.1, 0.15) is 47.2 Å². The quantitative estimate of drug-likeness (QED) is 0.205. The van der Waals surface area contributed by atoms with Crippen molar-refractivity contribution in [1.29, 1.82) is 0 Å². The van der Waals surface area contributed by atoms with Gasteiger partial charge < -0.3 is 18.9 Å². The van der Waals surface area contributed by atoms with E-state index in [0.29, 0.717) is 0 Å². The Labute approximate surface area is 253 Å². The van der Waals surface area contributed by atoms with Gasteiger partial charge in [-0.05, 0) is 87.3 Å². The van der Waals surface area contributed by atoms with Gasteiger partial charge in [0.15, 0.2) is 0 Å². The summed E-state index contributed by atoms with van der Waals surface area (Å²) in [4.78, 5) is 0. The molecule has 0 aliphatic heterocycles. The van der Waals surface area contributed by atoms with E-state index in [1.165, 1.54) is 49.9 Å². The molecule has 0 spiro atoms. The number of rotatable bonds is 6. The number of allylic oxidation sites excluding steroid dienone is 1. The lowest BCUT2D eigenvalue weighted by atomic mass is 9.66. The Morgan fingerprint density at radius 2 is 1.19 bits per heavy atom. The van der Waals surface area contributed by atoms with Crippen molar-refractivity contribution < 1.29 is 18.9 Å². The molecule has 0 amide bonds. The van der Waals surface area contributed by atoms with Gasteiger partial charge in [0.1, 0.15) is 23.0 Å². The molecule has 2 aliphatic carbocycles. The minimum atomic E-state index is -0.398. The maximum atomic E-state index is 6.14. The Morgan fingerprint density at radius 3 is 1.77 bits per heavy atom. The first-order valence-corrected chi connectivity index (χ1v) is 14.7. The molecule has 4 heteroatoms. The summed E-state index contributed by atoms with van der Waals surface area (Å²) in [5.41, 5.74) is 9.43. The number of ether oxygens (including phenoxy) is 4. The summed E-state index contributed by atoms with van der Waals surface area (Å²) in [6, 6.07) is 30.1. The topological polar surface area (TPSA) is 36.9 Å². The van der Waals surface area contributed by atoms with E-state index in [1.807, 2.05) is 24.3 Å². The van der Waals surface area contributed by atoms with Crippen molar-refractivity contribution in [3.8, 4) is 34.1 Å². The standard InChI is InChI=1S/C39H36O4/c1-38(2)32-10-8-7-9-30(32)31-22-34(43-6)36-33(42-5)21-24-23-39(20-19-29(24)35(36)37(31)38,25-11-15-27(40-3)16-12-25)26-13-17-28(41-4)18-14-26/h7-22H,23H2,1-6H3. The van der Waals surface area contributed by atoms with Crippen LogP contribution in [0.3, 0.4) is 0 Å². The van der Waals surface area contributed by atoms with Crippen molar-refractivity contribution in [2.75, 3.05) is 28.4 Å². The van der Waals surface area contributed by atoms with Gasteiger partial charge in [-0.1, -0.05) is 74.5 Å². The normalized spacial score (nSPS) is 15.4. The fraction of sp³-hybridized carbons (Fsp3) is 0.231. The predicted molar refractivity (Wildman–Crippen MR) is 174 cm³/mol. The van der Waals surface area contributed by atoms with Gasteiger partial charge >= 0.3 is 0 Å². The first-order chi connectivity index (χ1) is 20.9. The lowest BCUT2D eigenvalue weighted by molar-refractivity contribution is 0.404. The van der Waals surface area contributed by atoms with Gasteiger partial charge in [-0.25, -0.2) is 0 Å². The summed E-state index contributed by atoms with van der Waals surface area (Å²) in [5.74, 6) is 3.34. The molecule has 0 aromatic heterocycles. The average molecular weight is 569 g/mol. The SMILES string of the molecule is COc1ccc(C2(c3ccc(OC)cc3)C=Cc3c(cc(OC)c4c(OC)cc5c(c34)C(C)(C)c3ccccc3-5)C2)cc1. The maximum Gasteiger partial charge on any atom is 0.131 e. The van der Waals surface area contributed by atoms with Crippen molar-refractivity contribution in [2.45, 2.75) is 31.1 Å². The Morgan fingerprint density at radius 1 is 0.605 bits per heavy atom. The first-order valence-electron chi connectivity index (χ1n) is 14.7. The third-order valence-electron chi connectivity index (χ3n) is 9.63. The number of methoxy groups -OCH3 is 4. The fourth-order valence-corrected chi connectivity index (χ4v) is 7.48. The molecule has 0 heterocycles. The van der Waals surface area contributed by atoms with Crippen LogP contribution in [0.4, 0.5) is 0 Å².